The fourth-order valence-electron chi connectivity index (χ4n) is 3.48. The molecule has 0 bridgehead atoms. The molecular weight excluding hydrogens is 317 g/mol. The standard InChI is InChI=1S/C18H21Cl2NO/c1-10-6-5-7-11-14(22)8-13-16(15(10)11)12(17(19)20)9-21(13)18(2,3)4/h5-8,12,17,22H,9H2,1-4H3. The number of fused-ring (bicyclic) bond motifs is 3. The minimum absolute atomic E-state index is 0.0433. The average molecular weight is 338 g/mol. The molecular formula is C18H21Cl2NO. The molecule has 1 aliphatic rings. The van der Waals surface area contributed by atoms with Crippen molar-refractivity contribution in [2.75, 3.05) is 11.4 Å². The van der Waals surface area contributed by atoms with Crippen molar-refractivity contribution in [3.8, 4) is 5.75 Å². The lowest BCUT2D eigenvalue weighted by Gasteiger charge is -2.35. The highest BCUT2D eigenvalue weighted by atomic mass is 35.5. The first-order valence-corrected chi connectivity index (χ1v) is 8.40. The van der Waals surface area contributed by atoms with Crippen LogP contribution in [0, 0.1) is 6.92 Å². The first kappa shape index (κ1) is 15.8. The van der Waals surface area contributed by atoms with Gasteiger partial charge in [-0.1, -0.05) is 18.2 Å². The van der Waals surface area contributed by atoms with Crippen molar-refractivity contribution in [1.82, 2.24) is 0 Å². The first-order chi connectivity index (χ1) is 10.2. The Bertz CT molecular complexity index is 734. The highest BCUT2D eigenvalue weighted by molar-refractivity contribution is 6.45. The molecule has 0 radical (unpaired) electrons. The SMILES string of the molecule is Cc1cccc2c(O)cc3c(c12)C(C(Cl)Cl)CN3C(C)(C)C. The van der Waals surface area contributed by atoms with E-state index in [-0.39, 0.29) is 11.5 Å². The third kappa shape index (κ3) is 2.33. The molecule has 2 aromatic carbocycles. The number of benzene rings is 2. The van der Waals surface area contributed by atoms with Crippen molar-refractivity contribution in [3.05, 3.63) is 35.4 Å². The number of hydrogen-bond donors (Lipinski definition) is 1. The number of hydrogen-bond acceptors (Lipinski definition) is 2. The van der Waals surface area contributed by atoms with Gasteiger partial charge < -0.3 is 10.0 Å². The van der Waals surface area contributed by atoms with Crippen molar-refractivity contribution >= 4 is 39.7 Å². The number of alkyl halides is 2. The Kier molecular flexibility index (Phi) is 3.73. The lowest BCUT2D eigenvalue weighted by molar-refractivity contribution is 0.479. The molecule has 1 N–H and O–H groups in total. The van der Waals surface area contributed by atoms with E-state index >= 15 is 0 Å². The van der Waals surface area contributed by atoms with Crippen molar-refractivity contribution < 1.29 is 5.11 Å². The quantitative estimate of drug-likeness (QED) is 0.708. The van der Waals surface area contributed by atoms with Gasteiger partial charge in [0.25, 0.3) is 0 Å². The molecule has 2 nitrogen and oxygen atoms in total. The van der Waals surface area contributed by atoms with Crippen LogP contribution < -0.4 is 4.90 Å². The molecule has 1 aliphatic heterocycles. The van der Waals surface area contributed by atoms with Crippen molar-refractivity contribution in [1.29, 1.82) is 0 Å². The van der Waals surface area contributed by atoms with Gasteiger partial charge in [-0.25, -0.2) is 0 Å². The molecule has 0 fully saturated rings. The third-order valence-electron chi connectivity index (χ3n) is 4.52. The minimum atomic E-state index is -0.474. The highest BCUT2D eigenvalue weighted by Crippen LogP contribution is 2.50. The van der Waals surface area contributed by atoms with Crippen LogP contribution in [0.1, 0.15) is 37.8 Å². The second kappa shape index (κ2) is 5.21. The maximum Gasteiger partial charge on any atom is 0.125 e. The van der Waals surface area contributed by atoms with E-state index in [2.05, 4.69) is 38.7 Å². The monoisotopic (exact) mass is 337 g/mol. The van der Waals surface area contributed by atoms with E-state index in [0.29, 0.717) is 5.75 Å². The van der Waals surface area contributed by atoms with E-state index in [0.717, 1.165) is 34.1 Å². The molecule has 4 heteroatoms. The average Bonchev–Trinajstić information content (AvgIpc) is 2.78. The normalized spacial score (nSPS) is 18.3. The molecule has 1 heterocycles. The van der Waals surface area contributed by atoms with Gasteiger partial charge in [-0.2, -0.15) is 0 Å². The van der Waals surface area contributed by atoms with Gasteiger partial charge in [-0.05, 0) is 44.2 Å². The van der Waals surface area contributed by atoms with E-state index < -0.39 is 4.84 Å². The van der Waals surface area contributed by atoms with Gasteiger partial charge in [-0.15, -0.1) is 23.2 Å². The van der Waals surface area contributed by atoms with E-state index in [4.69, 9.17) is 23.2 Å². The number of aromatic hydroxyl groups is 1. The number of halogens is 2. The fraction of sp³-hybridized carbons (Fsp3) is 0.444. The Labute approximate surface area is 141 Å². The number of phenolic OH excluding ortho intramolecular Hbond substituents is 1. The van der Waals surface area contributed by atoms with Crippen LogP contribution in [0.4, 0.5) is 5.69 Å². The van der Waals surface area contributed by atoms with Gasteiger partial charge in [0, 0.05) is 35.1 Å². The molecule has 118 valence electrons. The molecule has 3 rings (SSSR count). The summed E-state index contributed by atoms with van der Waals surface area (Å²) in [6, 6.07) is 7.84. The zero-order valence-corrected chi connectivity index (χ0v) is 14.8. The Morgan fingerprint density at radius 2 is 1.95 bits per heavy atom. The smallest absolute Gasteiger partial charge is 0.125 e. The predicted octanol–water partition coefficient (Wildman–Crippen LogP) is 5.36. The number of rotatable bonds is 1. The van der Waals surface area contributed by atoms with E-state index in [1.165, 1.54) is 0 Å². The summed E-state index contributed by atoms with van der Waals surface area (Å²) in [5.74, 6) is 0.356. The molecule has 0 spiro atoms. The maximum absolute atomic E-state index is 10.5. The number of aryl methyl sites for hydroxylation is 1. The zero-order chi connectivity index (χ0) is 16.2. The first-order valence-electron chi connectivity index (χ1n) is 7.53. The van der Waals surface area contributed by atoms with Gasteiger partial charge in [0.15, 0.2) is 0 Å². The summed E-state index contributed by atoms with van der Waals surface area (Å²) in [5, 5.41) is 12.4. The van der Waals surface area contributed by atoms with Crippen LogP contribution in [0.2, 0.25) is 0 Å². The number of nitrogens with zero attached hydrogens (tertiary/aromatic N) is 1. The maximum atomic E-state index is 10.5. The van der Waals surface area contributed by atoms with Crippen molar-refractivity contribution in [2.45, 2.75) is 44.0 Å². The van der Waals surface area contributed by atoms with Crippen LogP contribution in [-0.4, -0.2) is 22.0 Å². The predicted molar refractivity (Wildman–Crippen MR) is 95.7 cm³/mol. The summed E-state index contributed by atoms with van der Waals surface area (Å²) >= 11 is 12.6. The zero-order valence-electron chi connectivity index (χ0n) is 13.3. The molecule has 2 aromatic rings. The molecule has 1 unspecified atom stereocenters. The van der Waals surface area contributed by atoms with Crippen LogP contribution in [0.25, 0.3) is 10.8 Å². The van der Waals surface area contributed by atoms with Gasteiger partial charge in [0.05, 0.1) is 0 Å². The summed E-state index contributed by atoms with van der Waals surface area (Å²) in [4.78, 5) is 1.81. The minimum Gasteiger partial charge on any atom is -0.507 e. The fourth-order valence-corrected chi connectivity index (χ4v) is 3.89. The van der Waals surface area contributed by atoms with Crippen molar-refractivity contribution in [3.63, 3.8) is 0 Å². The summed E-state index contributed by atoms with van der Waals surface area (Å²) in [5.41, 5.74) is 3.29. The molecule has 0 saturated carbocycles. The molecule has 0 aromatic heterocycles. The van der Waals surface area contributed by atoms with E-state index in [9.17, 15) is 5.11 Å². The topological polar surface area (TPSA) is 23.5 Å². The molecule has 1 atom stereocenters. The number of phenols is 1. The van der Waals surface area contributed by atoms with Gasteiger partial charge in [0.2, 0.25) is 0 Å². The van der Waals surface area contributed by atoms with Crippen LogP contribution in [-0.2, 0) is 0 Å². The summed E-state index contributed by atoms with van der Waals surface area (Å²) in [6.45, 7) is 9.32. The summed E-state index contributed by atoms with van der Waals surface area (Å²) in [6.07, 6.45) is 0. The Balaban J connectivity index is 2.38. The second-order valence-corrected chi connectivity index (χ2v) is 8.21. The third-order valence-corrected chi connectivity index (χ3v) is 5.13. The largest absolute Gasteiger partial charge is 0.507 e. The lowest BCUT2D eigenvalue weighted by Crippen LogP contribution is -2.41. The highest BCUT2D eigenvalue weighted by Gasteiger charge is 2.39. The van der Waals surface area contributed by atoms with Crippen LogP contribution in [0.15, 0.2) is 24.3 Å². The van der Waals surface area contributed by atoms with E-state index in [1.54, 1.807) is 0 Å². The summed E-state index contributed by atoms with van der Waals surface area (Å²) in [7, 11) is 0. The molecule has 0 saturated heterocycles. The second-order valence-electron chi connectivity index (χ2n) is 7.05. The van der Waals surface area contributed by atoms with Gasteiger partial charge in [-0.3, -0.25) is 0 Å². The van der Waals surface area contributed by atoms with Crippen LogP contribution in [0.5, 0.6) is 5.75 Å². The lowest BCUT2D eigenvalue weighted by atomic mass is 9.92. The number of anilines is 1. The Hall–Kier alpha value is -1.12. The Morgan fingerprint density at radius 1 is 1.27 bits per heavy atom. The van der Waals surface area contributed by atoms with Crippen LogP contribution >= 0.6 is 23.2 Å². The van der Waals surface area contributed by atoms with Crippen molar-refractivity contribution in [2.24, 2.45) is 0 Å². The summed E-state index contributed by atoms with van der Waals surface area (Å²) < 4.78 is 0. The molecule has 0 aliphatic carbocycles. The van der Waals surface area contributed by atoms with Gasteiger partial charge in [0.1, 0.15) is 10.6 Å². The van der Waals surface area contributed by atoms with E-state index in [1.807, 2.05) is 18.2 Å². The van der Waals surface area contributed by atoms with Gasteiger partial charge >= 0.3 is 0 Å². The molecule has 0 amide bonds. The van der Waals surface area contributed by atoms with Crippen LogP contribution in [0.3, 0.4) is 0 Å². The Morgan fingerprint density at radius 3 is 2.55 bits per heavy atom. The molecule has 22 heavy (non-hydrogen) atoms.